The fraction of sp³-hybridized carbons (Fsp3) is 0.235. The number of rotatable bonds is 2. The number of nitrogens with one attached hydrogen (secondary N) is 2. The maximum atomic E-state index is 13.5. The minimum absolute atomic E-state index is 0.0110. The summed E-state index contributed by atoms with van der Waals surface area (Å²) in [5, 5.41) is 4.71. The minimum atomic E-state index is -0.821. The number of carbonyl (C=O) groups is 1. The molecule has 0 aliphatic rings. The Bertz CT molecular complexity index is 656. The van der Waals surface area contributed by atoms with E-state index in [9.17, 15) is 13.6 Å². The van der Waals surface area contributed by atoms with Crippen molar-refractivity contribution in [3.63, 3.8) is 0 Å². The van der Waals surface area contributed by atoms with E-state index in [0.717, 1.165) is 17.7 Å². The molecule has 2 aromatic carbocycles. The van der Waals surface area contributed by atoms with E-state index in [-0.39, 0.29) is 5.41 Å². The number of anilines is 2. The van der Waals surface area contributed by atoms with E-state index in [1.54, 1.807) is 12.1 Å². The zero-order valence-electron chi connectivity index (χ0n) is 12.7. The van der Waals surface area contributed by atoms with Gasteiger partial charge in [0.05, 0.1) is 0 Å². The van der Waals surface area contributed by atoms with Crippen LogP contribution >= 0.6 is 0 Å². The predicted molar refractivity (Wildman–Crippen MR) is 84.1 cm³/mol. The monoisotopic (exact) mass is 304 g/mol. The van der Waals surface area contributed by atoms with Crippen molar-refractivity contribution in [3.8, 4) is 0 Å². The van der Waals surface area contributed by atoms with Gasteiger partial charge in [-0.05, 0) is 35.2 Å². The van der Waals surface area contributed by atoms with Gasteiger partial charge in [0.2, 0.25) is 0 Å². The lowest BCUT2D eigenvalue weighted by Crippen LogP contribution is -2.21. The number of para-hydroxylation sites is 1. The van der Waals surface area contributed by atoms with Crippen LogP contribution in [0.15, 0.2) is 42.5 Å². The summed E-state index contributed by atoms with van der Waals surface area (Å²) in [5.41, 5.74) is 1.21. The van der Waals surface area contributed by atoms with Crippen molar-refractivity contribution >= 4 is 17.4 Å². The van der Waals surface area contributed by atoms with E-state index in [2.05, 4.69) is 31.4 Å². The lowest BCUT2D eigenvalue weighted by molar-refractivity contribution is 0.262. The third-order valence-corrected chi connectivity index (χ3v) is 3.21. The van der Waals surface area contributed by atoms with Crippen molar-refractivity contribution in [2.45, 2.75) is 26.2 Å². The van der Waals surface area contributed by atoms with Gasteiger partial charge in [-0.15, -0.1) is 0 Å². The molecule has 0 saturated heterocycles. The largest absolute Gasteiger partial charge is 0.323 e. The maximum Gasteiger partial charge on any atom is 0.323 e. The Kier molecular flexibility index (Phi) is 4.45. The molecular weight excluding hydrogens is 286 g/mol. The van der Waals surface area contributed by atoms with Crippen LogP contribution < -0.4 is 10.6 Å². The van der Waals surface area contributed by atoms with Gasteiger partial charge in [-0.25, -0.2) is 13.6 Å². The molecule has 116 valence electrons. The van der Waals surface area contributed by atoms with Gasteiger partial charge in [-0.2, -0.15) is 0 Å². The number of benzene rings is 2. The molecule has 0 fully saturated rings. The second-order valence-electron chi connectivity index (χ2n) is 6.00. The normalized spacial score (nSPS) is 11.1. The molecule has 2 aromatic rings. The van der Waals surface area contributed by atoms with Crippen molar-refractivity contribution in [3.05, 3.63) is 59.7 Å². The second kappa shape index (κ2) is 6.13. The summed E-state index contributed by atoms with van der Waals surface area (Å²) in [7, 11) is 0. The summed E-state index contributed by atoms with van der Waals surface area (Å²) in [6, 6.07) is 9.99. The molecule has 0 saturated carbocycles. The summed E-state index contributed by atoms with van der Waals surface area (Å²) >= 11 is 0. The van der Waals surface area contributed by atoms with Crippen LogP contribution in [0.2, 0.25) is 0 Å². The van der Waals surface area contributed by atoms with Gasteiger partial charge in [-0.3, -0.25) is 0 Å². The van der Waals surface area contributed by atoms with Crippen molar-refractivity contribution in [2.75, 3.05) is 10.6 Å². The molecule has 0 radical (unpaired) electrons. The SMILES string of the molecule is CC(C)(C)c1ccc(NC(=O)Nc2c(F)cccc2F)cc1. The first kappa shape index (κ1) is 15.9. The highest BCUT2D eigenvalue weighted by Crippen LogP contribution is 2.24. The van der Waals surface area contributed by atoms with Crippen LogP contribution in [0, 0.1) is 11.6 Å². The molecule has 0 atom stereocenters. The molecule has 3 nitrogen and oxygen atoms in total. The van der Waals surface area contributed by atoms with E-state index >= 15 is 0 Å². The van der Waals surface area contributed by atoms with E-state index in [4.69, 9.17) is 0 Å². The smallest absolute Gasteiger partial charge is 0.308 e. The Morgan fingerprint density at radius 2 is 1.45 bits per heavy atom. The molecule has 0 aliphatic carbocycles. The van der Waals surface area contributed by atoms with Crippen LogP contribution in [0.25, 0.3) is 0 Å². The van der Waals surface area contributed by atoms with Crippen LogP contribution in [-0.4, -0.2) is 6.03 Å². The number of urea groups is 1. The van der Waals surface area contributed by atoms with Gasteiger partial charge in [0.25, 0.3) is 0 Å². The fourth-order valence-electron chi connectivity index (χ4n) is 1.95. The molecule has 2 rings (SSSR count). The fourth-order valence-corrected chi connectivity index (χ4v) is 1.95. The molecule has 0 unspecified atom stereocenters. The van der Waals surface area contributed by atoms with Gasteiger partial charge in [0, 0.05) is 5.69 Å². The maximum absolute atomic E-state index is 13.5. The van der Waals surface area contributed by atoms with Crippen molar-refractivity contribution in [1.82, 2.24) is 0 Å². The van der Waals surface area contributed by atoms with Crippen LogP contribution in [0.5, 0.6) is 0 Å². The highest BCUT2D eigenvalue weighted by atomic mass is 19.1. The molecular formula is C17H18F2N2O. The first-order valence-electron chi connectivity index (χ1n) is 6.90. The zero-order chi connectivity index (χ0) is 16.3. The lowest BCUT2D eigenvalue weighted by Gasteiger charge is -2.19. The lowest BCUT2D eigenvalue weighted by atomic mass is 9.87. The first-order chi connectivity index (χ1) is 10.3. The minimum Gasteiger partial charge on any atom is -0.308 e. The highest BCUT2D eigenvalue weighted by Gasteiger charge is 2.14. The Morgan fingerprint density at radius 3 is 1.95 bits per heavy atom. The summed E-state index contributed by atoms with van der Waals surface area (Å²) in [6.07, 6.45) is 0. The molecule has 2 N–H and O–H groups in total. The highest BCUT2D eigenvalue weighted by molar-refractivity contribution is 5.99. The number of halogens is 2. The number of hydrogen-bond acceptors (Lipinski definition) is 1. The van der Waals surface area contributed by atoms with Gasteiger partial charge < -0.3 is 10.6 Å². The molecule has 22 heavy (non-hydrogen) atoms. The molecule has 0 bridgehead atoms. The second-order valence-corrected chi connectivity index (χ2v) is 6.00. The number of amides is 2. The quantitative estimate of drug-likeness (QED) is 0.813. The summed E-state index contributed by atoms with van der Waals surface area (Å²) in [6.45, 7) is 6.26. The summed E-state index contributed by atoms with van der Waals surface area (Å²) in [4.78, 5) is 11.8. The molecule has 0 aliphatic heterocycles. The van der Waals surface area contributed by atoms with Crippen molar-refractivity contribution < 1.29 is 13.6 Å². The van der Waals surface area contributed by atoms with Gasteiger partial charge >= 0.3 is 6.03 Å². The molecule has 0 heterocycles. The number of carbonyl (C=O) groups excluding carboxylic acids is 1. The molecule has 0 aromatic heterocycles. The van der Waals surface area contributed by atoms with Crippen LogP contribution in [0.3, 0.4) is 0 Å². The predicted octanol–water partition coefficient (Wildman–Crippen LogP) is 4.91. The van der Waals surface area contributed by atoms with Crippen molar-refractivity contribution in [1.29, 1.82) is 0 Å². The Balaban J connectivity index is 2.06. The Hall–Kier alpha value is -2.43. The first-order valence-corrected chi connectivity index (χ1v) is 6.90. The van der Waals surface area contributed by atoms with E-state index in [1.165, 1.54) is 6.07 Å². The zero-order valence-corrected chi connectivity index (χ0v) is 12.7. The summed E-state index contributed by atoms with van der Waals surface area (Å²) in [5.74, 6) is -1.64. The average molecular weight is 304 g/mol. The van der Waals surface area contributed by atoms with Crippen molar-refractivity contribution in [2.24, 2.45) is 0 Å². The van der Waals surface area contributed by atoms with Crippen LogP contribution in [0.1, 0.15) is 26.3 Å². The molecule has 5 heteroatoms. The molecule has 0 spiro atoms. The topological polar surface area (TPSA) is 41.1 Å². The van der Waals surface area contributed by atoms with Gasteiger partial charge in [0.15, 0.2) is 0 Å². The standard InChI is InChI=1S/C17H18F2N2O/c1-17(2,3)11-7-9-12(10-8-11)20-16(22)21-15-13(18)5-4-6-14(15)19/h4-10H,1-3H3,(H2,20,21,22). The van der Waals surface area contributed by atoms with Gasteiger partial charge in [-0.1, -0.05) is 39.0 Å². The van der Waals surface area contributed by atoms with Gasteiger partial charge in [0.1, 0.15) is 17.3 Å². The average Bonchev–Trinajstić information content (AvgIpc) is 2.43. The Labute approximate surface area is 128 Å². The number of hydrogen-bond donors (Lipinski definition) is 2. The van der Waals surface area contributed by atoms with E-state index in [0.29, 0.717) is 5.69 Å². The van der Waals surface area contributed by atoms with E-state index in [1.807, 2.05) is 12.1 Å². The van der Waals surface area contributed by atoms with Crippen LogP contribution in [-0.2, 0) is 5.41 Å². The third-order valence-electron chi connectivity index (χ3n) is 3.21. The van der Waals surface area contributed by atoms with Crippen LogP contribution in [0.4, 0.5) is 25.0 Å². The van der Waals surface area contributed by atoms with E-state index < -0.39 is 23.4 Å². The summed E-state index contributed by atoms with van der Waals surface area (Å²) < 4.78 is 26.9. The third kappa shape index (κ3) is 3.81. The molecule has 2 amide bonds. The Morgan fingerprint density at radius 1 is 0.909 bits per heavy atom.